The lowest BCUT2D eigenvalue weighted by Gasteiger charge is -2.33. The van der Waals surface area contributed by atoms with Crippen LogP contribution in [0.4, 0.5) is 0 Å². The number of rotatable bonds is 2. The van der Waals surface area contributed by atoms with Crippen molar-refractivity contribution in [3.05, 3.63) is 0 Å². The van der Waals surface area contributed by atoms with Gasteiger partial charge in [-0.15, -0.1) is 0 Å². The smallest absolute Gasteiger partial charge is 0.279 e. The predicted octanol–water partition coefficient (Wildman–Crippen LogP) is -1.87. The molecule has 2 N–H and O–H groups in total. The summed E-state index contributed by atoms with van der Waals surface area (Å²) in [6.07, 6.45) is -0.483. The quantitative estimate of drug-likeness (QED) is 0.505. The lowest BCUT2D eigenvalue weighted by molar-refractivity contribution is 0.0541. The summed E-state index contributed by atoms with van der Waals surface area (Å²) in [6.45, 7) is 0.423. The first-order chi connectivity index (χ1) is 4.56. The molecule has 0 aromatic carbocycles. The highest BCUT2D eigenvalue weighted by Gasteiger charge is 2.33. The van der Waals surface area contributed by atoms with Gasteiger partial charge in [0.05, 0.1) is 6.10 Å². The minimum Gasteiger partial charge on any atom is -0.390 e. The van der Waals surface area contributed by atoms with Crippen LogP contribution in [-0.2, 0) is 10.2 Å². The predicted molar refractivity (Wildman–Crippen MR) is 35.6 cm³/mol. The molecule has 1 rings (SSSR count). The van der Waals surface area contributed by atoms with Crippen molar-refractivity contribution in [1.29, 1.82) is 0 Å². The molecule has 0 bridgehead atoms. The first kappa shape index (κ1) is 7.93. The van der Waals surface area contributed by atoms with Crippen LogP contribution < -0.4 is 4.72 Å². The molecule has 0 saturated carbocycles. The zero-order valence-corrected chi connectivity index (χ0v) is 6.43. The maximum atomic E-state index is 10.8. The van der Waals surface area contributed by atoms with Crippen LogP contribution in [0.15, 0.2) is 0 Å². The Kier molecular flexibility index (Phi) is 1.95. The van der Waals surface area contributed by atoms with E-state index < -0.39 is 16.3 Å². The third-order valence-corrected chi connectivity index (χ3v) is 2.92. The monoisotopic (exact) mass is 166 g/mol. The van der Waals surface area contributed by atoms with Gasteiger partial charge in [-0.2, -0.15) is 12.7 Å². The SMILES string of the molecule is CNS(=O)(=O)N1CC(O)C1. The van der Waals surface area contributed by atoms with Crippen LogP contribution in [-0.4, -0.2) is 44.1 Å². The van der Waals surface area contributed by atoms with Crippen LogP contribution in [0, 0.1) is 0 Å². The standard InChI is InChI=1S/C4H10N2O3S/c1-5-10(8,9)6-2-4(7)3-6/h4-5,7H,2-3H2,1H3. The van der Waals surface area contributed by atoms with Gasteiger partial charge < -0.3 is 5.11 Å². The minimum absolute atomic E-state index is 0.211. The van der Waals surface area contributed by atoms with Gasteiger partial charge in [-0.25, -0.2) is 4.72 Å². The Labute approximate surface area is 59.8 Å². The number of hydrogen-bond acceptors (Lipinski definition) is 3. The van der Waals surface area contributed by atoms with E-state index in [1.54, 1.807) is 0 Å². The number of hydrogen-bond donors (Lipinski definition) is 2. The molecule has 0 radical (unpaired) electrons. The molecule has 10 heavy (non-hydrogen) atoms. The number of aliphatic hydroxyl groups excluding tert-OH is 1. The first-order valence-corrected chi connectivity index (χ1v) is 4.37. The Morgan fingerprint density at radius 1 is 1.60 bits per heavy atom. The Balaban J connectivity index is 2.53. The molecule has 5 nitrogen and oxygen atoms in total. The van der Waals surface area contributed by atoms with E-state index in [-0.39, 0.29) is 13.1 Å². The van der Waals surface area contributed by atoms with Gasteiger partial charge in [0.1, 0.15) is 0 Å². The summed E-state index contributed by atoms with van der Waals surface area (Å²) in [7, 11) is -1.92. The van der Waals surface area contributed by atoms with E-state index in [2.05, 4.69) is 4.72 Å². The fraction of sp³-hybridized carbons (Fsp3) is 1.00. The van der Waals surface area contributed by atoms with E-state index in [1.807, 2.05) is 0 Å². The number of nitrogens with one attached hydrogen (secondary N) is 1. The maximum absolute atomic E-state index is 10.8. The summed E-state index contributed by atoms with van der Waals surface area (Å²) in [5.74, 6) is 0. The fourth-order valence-electron chi connectivity index (χ4n) is 0.742. The van der Waals surface area contributed by atoms with E-state index in [4.69, 9.17) is 5.11 Å². The average Bonchev–Trinajstić information content (AvgIpc) is 1.81. The van der Waals surface area contributed by atoms with Crippen molar-refractivity contribution in [3.63, 3.8) is 0 Å². The molecule has 60 valence electrons. The maximum Gasteiger partial charge on any atom is 0.279 e. The van der Waals surface area contributed by atoms with Crippen molar-refractivity contribution in [3.8, 4) is 0 Å². The number of aliphatic hydroxyl groups is 1. The Bertz CT molecular complexity index is 207. The molecule has 1 aliphatic heterocycles. The topological polar surface area (TPSA) is 69.6 Å². The van der Waals surface area contributed by atoms with Gasteiger partial charge in [-0.05, 0) is 0 Å². The first-order valence-electron chi connectivity index (χ1n) is 2.93. The third kappa shape index (κ3) is 1.29. The second kappa shape index (κ2) is 2.46. The van der Waals surface area contributed by atoms with Gasteiger partial charge in [0.15, 0.2) is 0 Å². The molecule has 0 aliphatic carbocycles. The van der Waals surface area contributed by atoms with Gasteiger partial charge in [-0.1, -0.05) is 0 Å². The molecule has 0 aromatic heterocycles. The molecule has 1 aliphatic rings. The molecule has 1 saturated heterocycles. The zero-order valence-electron chi connectivity index (χ0n) is 5.61. The second-order valence-corrected chi connectivity index (χ2v) is 4.05. The summed E-state index contributed by atoms with van der Waals surface area (Å²) in [5.41, 5.74) is 0. The number of nitrogens with zero attached hydrogens (tertiary/aromatic N) is 1. The van der Waals surface area contributed by atoms with Crippen LogP contribution in [0.2, 0.25) is 0 Å². The average molecular weight is 166 g/mol. The number of β-amino-alcohol motifs (C(OH)–C–C–N with tert-alkyl or cyclic N) is 1. The summed E-state index contributed by atoms with van der Waals surface area (Å²) >= 11 is 0. The molecule has 0 atom stereocenters. The van der Waals surface area contributed by atoms with Crippen molar-refractivity contribution in [2.45, 2.75) is 6.10 Å². The van der Waals surface area contributed by atoms with Gasteiger partial charge in [-0.3, -0.25) is 0 Å². The molecule has 0 amide bonds. The second-order valence-electron chi connectivity index (χ2n) is 2.18. The largest absolute Gasteiger partial charge is 0.390 e. The van der Waals surface area contributed by atoms with E-state index in [0.717, 1.165) is 0 Å². The van der Waals surface area contributed by atoms with Crippen molar-refractivity contribution in [2.75, 3.05) is 20.1 Å². The Hall–Kier alpha value is -0.170. The van der Waals surface area contributed by atoms with Crippen molar-refractivity contribution < 1.29 is 13.5 Å². The molecule has 1 fully saturated rings. The van der Waals surface area contributed by atoms with Crippen molar-refractivity contribution in [1.82, 2.24) is 9.03 Å². The Morgan fingerprint density at radius 3 is 2.40 bits per heavy atom. The lowest BCUT2D eigenvalue weighted by atomic mass is 10.2. The highest BCUT2D eigenvalue weighted by atomic mass is 32.2. The minimum atomic E-state index is -3.27. The molecular weight excluding hydrogens is 156 g/mol. The van der Waals surface area contributed by atoms with Crippen LogP contribution in [0.5, 0.6) is 0 Å². The third-order valence-electron chi connectivity index (χ3n) is 1.43. The van der Waals surface area contributed by atoms with E-state index in [9.17, 15) is 8.42 Å². The summed E-state index contributed by atoms with van der Waals surface area (Å²) in [5, 5.41) is 8.74. The normalized spacial score (nSPS) is 22.6. The zero-order chi connectivity index (χ0) is 7.78. The lowest BCUT2D eigenvalue weighted by Crippen LogP contribution is -2.56. The van der Waals surface area contributed by atoms with E-state index in [0.29, 0.717) is 0 Å². The van der Waals surface area contributed by atoms with Gasteiger partial charge in [0.25, 0.3) is 10.2 Å². The summed E-state index contributed by atoms with van der Waals surface area (Å²) < 4.78 is 25.0. The molecule has 0 unspecified atom stereocenters. The molecule has 6 heteroatoms. The highest BCUT2D eigenvalue weighted by molar-refractivity contribution is 7.87. The van der Waals surface area contributed by atoms with Crippen molar-refractivity contribution >= 4 is 10.2 Å². The van der Waals surface area contributed by atoms with Gasteiger partial charge in [0.2, 0.25) is 0 Å². The summed E-state index contributed by atoms with van der Waals surface area (Å²) in [6, 6.07) is 0. The van der Waals surface area contributed by atoms with Gasteiger partial charge in [0, 0.05) is 20.1 Å². The molecule has 0 spiro atoms. The summed E-state index contributed by atoms with van der Waals surface area (Å²) in [4.78, 5) is 0. The van der Waals surface area contributed by atoms with Crippen molar-refractivity contribution in [2.24, 2.45) is 0 Å². The molecule has 1 heterocycles. The Morgan fingerprint density at radius 2 is 2.10 bits per heavy atom. The van der Waals surface area contributed by atoms with E-state index >= 15 is 0 Å². The van der Waals surface area contributed by atoms with Crippen LogP contribution in [0.1, 0.15) is 0 Å². The fourth-order valence-corrected chi connectivity index (χ4v) is 1.74. The van der Waals surface area contributed by atoms with Crippen LogP contribution in [0.3, 0.4) is 0 Å². The van der Waals surface area contributed by atoms with Gasteiger partial charge >= 0.3 is 0 Å². The molecule has 0 aromatic rings. The highest BCUT2D eigenvalue weighted by Crippen LogP contribution is 2.10. The van der Waals surface area contributed by atoms with Crippen LogP contribution in [0.25, 0.3) is 0 Å². The molecular formula is C4H10N2O3S. The van der Waals surface area contributed by atoms with E-state index in [1.165, 1.54) is 11.4 Å². The van der Waals surface area contributed by atoms with Crippen LogP contribution >= 0.6 is 0 Å².